The lowest BCUT2D eigenvalue weighted by atomic mass is 10.1. The van der Waals surface area contributed by atoms with Gasteiger partial charge in [0, 0.05) is 0 Å². The summed E-state index contributed by atoms with van der Waals surface area (Å²) in [6.07, 6.45) is 0.567. The zero-order valence-corrected chi connectivity index (χ0v) is 13.2. The highest BCUT2D eigenvalue weighted by atomic mass is 32.2. The van der Waals surface area contributed by atoms with E-state index < -0.39 is 10.0 Å². The van der Waals surface area contributed by atoms with Crippen LogP contribution in [0.5, 0.6) is 0 Å². The van der Waals surface area contributed by atoms with E-state index in [0.29, 0.717) is 12.2 Å². The molecule has 2 rings (SSSR count). The molecule has 1 N–H and O–H groups in total. The summed E-state index contributed by atoms with van der Waals surface area (Å²) < 4.78 is 27.4. The molecule has 0 spiro atoms. The molecule has 0 bridgehead atoms. The van der Waals surface area contributed by atoms with Crippen LogP contribution in [0.2, 0.25) is 0 Å². The summed E-state index contributed by atoms with van der Waals surface area (Å²) in [5.41, 5.74) is 3.12. The third-order valence-corrected chi connectivity index (χ3v) is 4.72. The van der Waals surface area contributed by atoms with Crippen molar-refractivity contribution < 1.29 is 8.42 Å². The maximum Gasteiger partial charge on any atom is 0.211 e. The molecule has 8 heteroatoms. The average molecular weight is 309 g/mol. The van der Waals surface area contributed by atoms with E-state index in [4.69, 9.17) is 0 Å². The molecule has 7 nitrogen and oxygen atoms in total. The molecule has 0 unspecified atom stereocenters. The van der Waals surface area contributed by atoms with Gasteiger partial charge in [-0.2, -0.15) is 4.68 Å². The maximum absolute atomic E-state index is 11.7. The number of nitrogens with zero attached hydrogens (tertiary/aromatic N) is 4. The zero-order chi connectivity index (χ0) is 15.5. The van der Waals surface area contributed by atoms with Gasteiger partial charge in [0.05, 0.1) is 18.0 Å². The Hall–Kier alpha value is -1.80. The lowest BCUT2D eigenvalue weighted by molar-refractivity contribution is 0.576. The van der Waals surface area contributed by atoms with Gasteiger partial charge >= 0.3 is 0 Å². The molecule has 2 aromatic rings. The van der Waals surface area contributed by atoms with E-state index in [1.54, 1.807) is 4.68 Å². The zero-order valence-electron chi connectivity index (χ0n) is 12.4. The van der Waals surface area contributed by atoms with Gasteiger partial charge in [0.25, 0.3) is 0 Å². The molecular formula is C13H19N5O2S. The summed E-state index contributed by atoms with van der Waals surface area (Å²) in [7, 11) is -3.28. The van der Waals surface area contributed by atoms with Crippen LogP contribution in [0.1, 0.15) is 30.3 Å². The lowest BCUT2D eigenvalue weighted by Crippen LogP contribution is -2.27. The molecule has 0 aliphatic heterocycles. The quantitative estimate of drug-likeness (QED) is 0.863. The largest absolute Gasteiger partial charge is 0.212 e. The SMILES string of the molecule is CCCS(=O)(=O)NCc1nnnn1-c1ccc(C)c(C)c1. The summed E-state index contributed by atoms with van der Waals surface area (Å²) >= 11 is 0. The summed E-state index contributed by atoms with van der Waals surface area (Å²) in [5.74, 6) is 0.552. The molecule has 114 valence electrons. The van der Waals surface area contributed by atoms with Crippen LogP contribution in [0, 0.1) is 13.8 Å². The Balaban J connectivity index is 2.21. The van der Waals surface area contributed by atoms with Gasteiger partial charge in [-0.1, -0.05) is 13.0 Å². The number of hydrogen-bond acceptors (Lipinski definition) is 5. The first-order chi connectivity index (χ1) is 9.93. The van der Waals surface area contributed by atoms with Crippen molar-refractivity contribution in [1.82, 2.24) is 24.9 Å². The average Bonchev–Trinajstić information content (AvgIpc) is 2.88. The van der Waals surface area contributed by atoms with Gasteiger partial charge in [-0.3, -0.25) is 0 Å². The second-order valence-electron chi connectivity index (χ2n) is 4.92. The third kappa shape index (κ3) is 3.85. The molecule has 1 heterocycles. The monoisotopic (exact) mass is 309 g/mol. The Labute approximate surface area is 124 Å². The molecular weight excluding hydrogens is 290 g/mol. The molecule has 0 aliphatic carbocycles. The standard InChI is InChI=1S/C13H19N5O2S/c1-4-7-21(19,20)14-9-13-15-16-17-18(13)12-6-5-10(2)11(3)8-12/h5-6,8,14H,4,7,9H2,1-3H3. The highest BCUT2D eigenvalue weighted by molar-refractivity contribution is 7.89. The van der Waals surface area contributed by atoms with Gasteiger partial charge in [0.1, 0.15) is 0 Å². The van der Waals surface area contributed by atoms with E-state index in [1.165, 1.54) is 5.56 Å². The van der Waals surface area contributed by atoms with E-state index in [2.05, 4.69) is 20.2 Å². The van der Waals surface area contributed by atoms with Crippen molar-refractivity contribution in [2.75, 3.05) is 5.75 Å². The van der Waals surface area contributed by atoms with Crippen molar-refractivity contribution >= 4 is 10.0 Å². The number of aromatic nitrogens is 4. The van der Waals surface area contributed by atoms with Gasteiger partial charge in [0.2, 0.25) is 10.0 Å². The van der Waals surface area contributed by atoms with Crippen molar-refractivity contribution in [3.63, 3.8) is 0 Å². The van der Waals surface area contributed by atoms with E-state index in [9.17, 15) is 8.42 Å². The normalized spacial score (nSPS) is 11.8. The predicted octanol–water partition coefficient (Wildman–Crippen LogP) is 1.11. The Morgan fingerprint density at radius 2 is 2.00 bits per heavy atom. The number of sulfonamides is 1. The van der Waals surface area contributed by atoms with Crippen LogP contribution >= 0.6 is 0 Å². The van der Waals surface area contributed by atoms with Gasteiger partial charge in [-0.15, -0.1) is 5.10 Å². The summed E-state index contributed by atoms with van der Waals surface area (Å²) in [6.45, 7) is 5.92. The minimum absolute atomic E-state index is 0.0717. The molecule has 1 aromatic carbocycles. The summed E-state index contributed by atoms with van der Waals surface area (Å²) in [5, 5.41) is 11.4. The van der Waals surface area contributed by atoms with Crippen LogP contribution in [0.25, 0.3) is 5.69 Å². The lowest BCUT2D eigenvalue weighted by Gasteiger charge is -2.08. The summed E-state index contributed by atoms with van der Waals surface area (Å²) in [6, 6.07) is 5.86. The second-order valence-corrected chi connectivity index (χ2v) is 6.84. The molecule has 0 fully saturated rings. The highest BCUT2D eigenvalue weighted by Crippen LogP contribution is 2.14. The number of rotatable bonds is 6. The Kier molecular flexibility index (Phi) is 4.69. The van der Waals surface area contributed by atoms with Crippen LogP contribution in [0.4, 0.5) is 0 Å². The van der Waals surface area contributed by atoms with Gasteiger partial charge in [-0.05, 0) is 54.0 Å². The topological polar surface area (TPSA) is 89.8 Å². The number of benzene rings is 1. The first-order valence-electron chi connectivity index (χ1n) is 6.75. The van der Waals surface area contributed by atoms with Crippen molar-refractivity contribution in [3.8, 4) is 5.69 Å². The van der Waals surface area contributed by atoms with Crippen molar-refractivity contribution in [2.24, 2.45) is 0 Å². The predicted molar refractivity (Wildman–Crippen MR) is 79.5 cm³/mol. The minimum Gasteiger partial charge on any atom is -0.212 e. The Bertz CT molecular complexity index is 724. The number of aryl methyl sites for hydroxylation is 2. The fraction of sp³-hybridized carbons (Fsp3) is 0.462. The number of hydrogen-bond donors (Lipinski definition) is 1. The van der Waals surface area contributed by atoms with Crippen LogP contribution in [-0.4, -0.2) is 34.4 Å². The minimum atomic E-state index is -3.28. The molecule has 0 atom stereocenters. The fourth-order valence-corrected chi connectivity index (χ4v) is 2.92. The first-order valence-corrected chi connectivity index (χ1v) is 8.40. The van der Waals surface area contributed by atoms with Gasteiger partial charge in [0.15, 0.2) is 5.82 Å². The molecule has 0 aliphatic rings. The van der Waals surface area contributed by atoms with E-state index in [1.807, 2.05) is 39.0 Å². The Morgan fingerprint density at radius 3 is 2.67 bits per heavy atom. The second kappa shape index (κ2) is 6.31. The molecule has 0 saturated carbocycles. The highest BCUT2D eigenvalue weighted by Gasteiger charge is 2.13. The molecule has 1 aromatic heterocycles. The van der Waals surface area contributed by atoms with Gasteiger partial charge < -0.3 is 0 Å². The van der Waals surface area contributed by atoms with Crippen LogP contribution in [0.15, 0.2) is 18.2 Å². The molecule has 21 heavy (non-hydrogen) atoms. The maximum atomic E-state index is 11.7. The molecule has 0 radical (unpaired) electrons. The van der Waals surface area contributed by atoms with Crippen LogP contribution in [0.3, 0.4) is 0 Å². The smallest absolute Gasteiger partial charge is 0.211 e. The summed E-state index contributed by atoms with van der Waals surface area (Å²) in [4.78, 5) is 0. The van der Waals surface area contributed by atoms with E-state index >= 15 is 0 Å². The van der Waals surface area contributed by atoms with Crippen LogP contribution < -0.4 is 4.72 Å². The van der Waals surface area contributed by atoms with Crippen molar-refractivity contribution in [1.29, 1.82) is 0 Å². The van der Waals surface area contributed by atoms with Crippen molar-refractivity contribution in [3.05, 3.63) is 35.2 Å². The van der Waals surface area contributed by atoms with E-state index in [-0.39, 0.29) is 12.3 Å². The van der Waals surface area contributed by atoms with E-state index in [0.717, 1.165) is 11.3 Å². The molecule has 0 amide bonds. The first kappa shape index (κ1) is 15.6. The van der Waals surface area contributed by atoms with Crippen molar-refractivity contribution in [2.45, 2.75) is 33.7 Å². The number of tetrazole rings is 1. The Morgan fingerprint density at radius 1 is 1.24 bits per heavy atom. The van der Waals surface area contributed by atoms with Crippen LogP contribution in [-0.2, 0) is 16.6 Å². The van der Waals surface area contributed by atoms with Gasteiger partial charge in [-0.25, -0.2) is 13.1 Å². The number of nitrogens with one attached hydrogen (secondary N) is 1. The molecule has 0 saturated heterocycles. The fourth-order valence-electron chi connectivity index (χ4n) is 1.89. The third-order valence-electron chi connectivity index (χ3n) is 3.19.